The van der Waals surface area contributed by atoms with Gasteiger partial charge in [0.2, 0.25) is 11.9 Å². The normalized spacial score (nSPS) is 12.7. The van der Waals surface area contributed by atoms with Crippen LogP contribution in [-0.4, -0.2) is 46.0 Å². The van der Waals surface area contributed by atoms with Gasteiger partial charge >= 0.3 is 0 Å². The van der Waals surface area contributed by atoms with Crippen molar-refractivity contribution in [2.45, 2.75) is 19.5 Å². The van der Waals surface area contributed by atoms with Gasteiger partial charge < -0.3 is 10.6 Å². The molecule has 0 fully saturated rings. The highest BCUT2D eigenvalue weighted by molar-refractivity contribution is 7.18. The molecule has 0 unspecified atom stereocenters. The highest BCUT2D eigenvalue weighted by atomic mass is 32.1. The Morgan fingerprint density at radius 2 is 1.83 bits per heavy atom. The lowest BCUT2D eigenvalue weighted by Crippen LogP contribution is -2.25. The average molecular weight is 343 g/mol. The molecule has 0 aliphatic rings. The van der Waals surface area contributed by atoms with Gasteiger partial charge in [0, 0.05) is 14.1 Å². The first-order valence-electron chi connectivity index (χ1n) is 7.67. The van der Waals surface area contributed by atoms with Crippen LogP contribution in [0.4, 0.5) is 11.9 Å². The molecule has 0 amide bonds. The highest BCUT2D eigenvalue weighted by Crippen LogP contribution is 2.25. The number of aromatic nitrogens is 4. The second-order valence-electron chi connectivity index (χ2n) is 5.91. The van der Waals surface area contributed by atoms with Crippen LogP contribution in [0.25, 0.3) is 10.2 Å². The van der Waals surface area contributed by atoms with Crippen molar-refractivity contribution in [3.63, 3.8) is 0 Å². The zero-order valence-electron chi connectivity index (χ0n) is 14.3. The third-order valence-corrected chi connectivity index (χ3v) is 4.84. The maximum absolute atomic E-state index is 5.82. The monoisotopic (exact) mass is 343 g/mol. The molecule has 2 heterocycles. The van der Waals surface area contributed by atoms with Crippen molar-refractivity contribution in [2.75, 3.05) is 31.8 Å². The van der Waals surface area contributed by atoms with E-state index in [4.69, 9.17) is 5.73 Å². The summed E-state index contributed by atoms with van der Waals surface area (Å²) >= 11 is 1.71. The van der Waals surface area contributed by atoms with E-state index in [1.807, 2.05) is 44.2 Å². The minimum Gasteiger partial charge on any atom is -0.368 e. The van der Waals surface area contributed by atoms with Crippen molar-refractivity contribution >= 4 is 33.5 Å². The van der Waals surface area contributed by atoms with E-state index in [1.54, 1.807) is 11.3 Å². The van der Waals surface area contributed by atoms with E-state index in [9.17, 15) is 0 Å². The van der Waals surface area contributed by atoms with Gasteiger partial charge in [-0.05, 0) is 26.1 Å². The van der Waals surface area contributed by atoms with Crippen LogP contribution >= 0.6 is 11.3 Å². The topological polar surface area (TPSA) is 84.1 Å². The summed E-state index contributed by atoms with van der Waals surface area (Å²) in [6, 6.07) is 8.17. The zero-order valence-corrected chi connectivity index (χ0v) is 15.1. The van der Waals surface area contributed by atoms with Gasteiger partial charge in [0.05, 0.1) is 22.8 Å². The van der Waals surface area contributed by atoms with Crippen LogP contribution in [0.5, 0.6) is 0 Å². The maximum Gasteiger partial charge on any atom is 0.229 e. The lowest BCUT2D eigenvalue weighted by Gasteiger charge is -2.23. The molecule has 0 bridgehead atoms. The molecule has 8 heteroatoms. The van der Waals surface area contributed by atoms with Gasteiger partial charge in [-0.3, -0.25) is 4.90 Å². The summed E-state index contributed by atoms with van der Waals surface area (Å²) in [5, 5.41) is 1.07. The summed E-state index contributed by atoms with van der Waals surface area (Å²) in [5.74, 6) is 1.47. The summed E-state index contributed by atoms with van der Waals surface area (Å²) in [7, 11) is 5.80. The molecular weight excluding hydrogens is 322 g/mol. The van der Waals surface area contributed by atoms with Crippen molar-refractivity contribution in [1.29, 1.82) is 0 Å². The fraction of sp³-hybridized carbons (Fsp3) is 0.375. The predicted molar refractivity (Wildman–Crippen MR) is 98.1 cm³/mol. The lowest BCUT2D eigenvalue weighted by molar-refractivity contribution is 0.243. The molecular formula is C16H21N7S. The largest absolute Gasteiger partial charge is 0.368 e. The summed E-state index contributed by atoms with van der Waals surface area (Å²) in [4.78, 5) is 21.6. The van der Waals surface area contributed by atoms with E-state index < -0.39 is 0 Å². The fourth-order valence-corrected chi connectivity index (χ4v) is 3.35. The van der Waals surface area contributed by atoms with Crippen LogP contribution in [0.1, 0.15) is 23.8 Å². The number of nitrogens with zero attached hydrogens (tertiary/aromatic N) is 6. The number of hydrogen-bond donors (Lipinski definition) is 1. The van der Waals surface area contributed by atoms with E-state index in [0.717, 1.165) is 17.1 Å². The molecule has 126 valence electrons. The van der Waals surface area contributed by atoms with E-state index in [-0.39, 0.29) is 12.0 Å². The Hall–Kier alpha value is -2.32. The fourth-order valence-electron chi connectivity index (χ4n) is 2.32. The van der Waals surface area contributed by atoms with E-state index in [1.165, 1.54) is 4.70 Å². The van der Waals surface area contributed by atoms with Crippen LogP contribution in [0.3, 0.4) is 0 Å². The third kappa shape index (κ3) is 3.44. The second kappa shape index (κ2) is 6.66. The molecule has 2 N–H and O–H groups in total. The molecule has 0 saturated carbocycles. The number of rotatable bonds is 5. The first-order chi connectivity index (χ1) is 11.4. The Bertz CT molecular complexity index is 812. The van der Waals surface area contributed by atoms with Crippen LogP contribution in [0, 0.1) is 0 Å². The zero-order chi connectivity index (χ0) is 17.3. The summed E-state index contributed by atoms with van der Waals surface area (Å²) in [6.45, 7) is 2.78. The Balaban J connectivity index is 1.80. The van der Waals surface area contributed by atoms with Gasteiger partial charge in [0.15, 0.2) is 5.82 Å². The molecule has 0 radical (unpaired) electrons. The van der Waals surface area contributed by atoms with Crippen molar-refractivity contribution in [2.24, 2.45) is 0 Å². The average Bonchev–Trinajstić information content (AvgIpc) is 2.95. The standard InChI is InChI=1S/C16H21N7S/c1-10(14-19-15(17)21-16(20-14)22(2)3)23(4)9-13-18-11-7-5-6-8-12(11)24-13/h5-8,10H,9H2,1-4H3,(H2,17,19,20,21)/t10-/m1/s1. The molecule has 3 aromatic rings. The van der Waals surface area contributed by atoms with E-state index in [0.29, 0.717) is 11.8 Å². The molecule has 24 heavy (non-hydrogen) atoms. The first kappa shape index (κ1) is 16.5. The predicted octanol–water partition coefficient (Wildman–Crippen LogP) is 2.32. The lowest BCUT2D eigenvalue weighted by atomic mass is 10.3. The minimum absolute atomic E-state index is 0.000937. The van der Waals surface area contributed by atoms with Crippen molar-refractivity contribution < 1.29 is 0 Å². The van der Waals surface area contributed by atoms with Gasteiger partial charge in [0.1, 0.15) is 5.01 Å². The number of nitrogen functional groups attached to an aromatic ring is 1. The molecule has 1 aromatic carbocycles. The highest BCUT2D eigenvalue weighted by Gasteiger charge is 2.19. The Labute approximate surface area is 145 Å². The number of benzene rings is 1. The van der Waals surface area contributed by atoms with Crippen molar-refractivity contribution in [3.05, 3.63) is 35.1 Å². The van der Waals surface area contributed by atoms with Crippen molar-refractivity contribution in [1.82, 2.24) is 24.8 Å². The van der Waals surface area contributed by atoms with Crippen molar-refractivity contribution in [3.8, 4) is 0 Å². The number of nitrogens with two attached hydrogens (primary N) is 1. The second-order valence-corrected chi connectivity index (χ2v) is 7.03. The maximum atomic E-state index is 5.82. The van der Waals surface area contributed by atoms with Crippen LogP contribution in [-0.2, 0) is 6.54 Å². The molecule has 0 aliphatic carbocycles. The molecule has 3 rings (SSSR count). The number of hydrogen-bond acceptors (Lipinski definition) is 8. The molecule has 2 aromatic heterocycles. The summed E-state index contributed by atoms with van der Waals surface area (Å²) in [5.41, 5.74) is 6.86. The quantitative estimate of drug-likeness (QED) is 0.761. The SMILES string of the molecule is C[C@H](c1nc(N)nc(N(C)C)n1)N(C)Cc1nc2ccccc2s1. The van der Waals surface area contributed by atoms with Crippen LogP contribution in [0.2, 0.25) is 0 Å². The molecule has 0 spiro atoms. The minimum atomic E-state index is 0.000937. The molecule has 7 nitrogen and oxygen atoms in total. The van der Waals surface area contributed by atoms with Crippen LogP contribution < -0.4 is 10.6 Å². The number of para-hydroxylation sites is 1. The Kier molecular flexibility index (Phi) is 4.59. The van der Waals surface area contributed by atoms with Gasteiger partial charge in [-0.15, -0.1) is 11.3 Å². The van der Waals surface area contributed by atoms with Gasteiger partial charge in [-0.2, -0.15) is 15.0 Å². The van der Waals surface area contributed by atoms with Gasteiger partial charge in [-0.1, -0.05) is 12.1 Å². The molecule has 1 atom stereocenters. The van der Waals surface area contributed by atoms with Gasteiger partial charge in [-0.25, -0.2) is 4.98 Å². The van der Waals surface area contributed by atoms with Gasteiger partial charge in [0.25, 0.3) is 0 Å². The Morgan fingerprint density at radius 3 is 2.54 bits per heavy atom. The van der Waals surface area contributed by atoms with E-state index in [2.05, 4.69) is 37.8 Å². The summed E-state index contributed by atoms with van der Waals surface area (Å²) < 4.78 is 1.20. The Morgan fingerprint density at radius 1 is 1.08 bits per heavy atom. The number of thiazole rings is 1. The number of anilines is 2. The first-order valence-corrected chi connectivity index (χ1v) is 8.49. The number of fused-ring (bicyclic) bond motifs is 1. The van der Waals surface area contributed by atoms with Crippen LogP contribution in [0.15, 0.2) is 24.3 Å². The molecule has 0 saturated heterocycles. The smallest absolute Gasteiger partial charge is 0.229 e. The third-order valence-electron chi connectivity index (χ3n) is 3.82. The summed E-state index contributed by atoms with van der Waals surface area (Å²) in [6.07, 6.45) is 0. The molecule has 0 aliphatic heterocycles. The van der Waals surface area contributed by atoms with E-state index >= 15 is 0 Å².